The molecule has 5 nitrogen and oxygen atoms in total. The Morgan fingerprint density at radius 3 is 2.55 bits per heavy atom. The summed E-state index contributed by atoms with van der Waals surface area (Å²) in [5.74, 6) is 0.505. The summed E-state index contributed by atoms with van der Waals surface area (Å²) in [6.07, 6.45) is -0.173. The van der Waals surface area contributed by atoms with Crippen LogP contribution in [-0.4, -0.2) is 25.4 Å². The zero-order valence-electron chi connectivity index (χ0n) is 18.1. The van der Waals surface area contributed by atoms with Gasteiger partial charge in [0.2, 0.25) is 5.78 Å². The second kappa shape index (κ2) is 8.19. The van der Waals surface area contributed by atoms with Gasteiger partial charge in [0.15, 0.2) is 0 Å². The molecule has 5 rings (SSSR count). The first-order valence-electron chi connectivity index (χ1n) is 10.8. The number of fused-ring (bicyclic) bond motifs is 3. The number of benzene rings is 2. The van der Waals surface area contributed by atoms with Gasteiger partial charge in [-0.15, -0.1) is 0 Å². The Kier molecular flexibility index (Phi) is 5.32. The van der Waals surface area contributed by atoms with Crippen LogP contribution in [-0.2, 0) is 32.2 Å². The van der Waals surface area contributed by atoms with Gasteiger partial charge >= 0.3 is 6.18 Å². The summed E-state index contributed by atoms with van der Waals surface area (Å²) >= 11 is 0. The lowest BCUT2D eigenvalue weighted by molar-refractivity contribution is -0.137. The molecule has 8 heteroatoms. The molecule has 0 saturated carbocycles. The molecular weight excluding hydrogens is 429 g/mol. The van der Waals surface area contributed by atoms with Crippen molar-refractivity contribution in [3.05, 3.63) is 105 Å². The third-order valence-corrected chi connectivity index (χ3v) is 6.16. The van der Waals surface area contributed by atoms with Crippen molar-refractivity contribution in [3.8, 4) is 0 Å². The van der Waals surface area contributed by atoms with E-state index in [4.69, 9.17) is 0 Å². The first-order valence-corrected chi connectivity index (χ1v) is 10.8. The zero-order valence-corrected chi connectivity index (χ0v) is 18.1. The molecule has 0 N–H and O–H groups in total. The van der Waals surface area contributed by atoms with Gasteiger partial charge in [0.25, 0.3) is 5.56 Å². The third kappa shape index (κ3) is 4.18. The van der Waals surface area contributed by atoms with Crippen LogP contribution >= 0.6 is 0 Å². The average molecular weight is 452 g/mol. The first kappa shape index (κ1) is 21.5. The molecular formula is C25H23F3N4O. The van der Waals surface area contributed by atoms with Crippen LogP contribution in [0.3, 0.4) is 0 Å². The molecule has 33 heavy (non-hydrogen) atoms. The molecule has 0 unspecified atom stereocenters. The van der Waals surface area contributed by atoms with Gasteiger partial charge in [-0.2, -0.15) is 13.2 Å². The van der Waals surface area contributed by atoms with E-state index in [1.807, 2.05) is 16.7 Å². The SMILES string of the molecule is Cc1cccc(CN2CCc3c(c(=O)n(Cc4ccc(C(F)(F)F)cc4)c4nccn34)C2)c1. The fraction of sp³-hybridized carbons (Fsp3) is 0.280. The molecule has 170 valence electrons. The highest BCUT2D eigenvalue weighted by molar-refractivity contribution is 5.39. The summed E-state index contributed by atoms with van der Waals surface area (Å²) in [5, 5.41) is 0. The Morgan fingerprint density at radius 2 is 1.82 bits per heavy atom. The fourth-order valence-electron chi connectivity index (χ4n) is 4.55. The lowest BCUT2D eigenvalue weighted by atomic mass is 10.0. The monoisotopic (exact) mass is 452 g/mol. The molecule has 2 aromatic carbocycles. The highest BCUT2D eigenvalue weighted by Gasteiger charge is 2.30. The van der Waals surface area contributed by atoms with Crippen molar-refractivity contribution in [2.45, 2.75) is 39.2 Å². The molecule has 0 saturated heterocycles. The largest absolute Gasteiger partial charge is 0.416 e. The zero-order chi connectivity index (χ0) is 23.2. The maximum Gasteiger partial charge on any atom is 0.416 e. The molecule has 4 aromatic rings. The van der Waals surface area contributed by atoms with E-state index in [1.165, 1.54) is 23.3 Å². The van der Waals surface area contributed by atoms with Gasteiger partial charge < -0.3 is 0 Å². The van der Waals surface area contributed by atoms with E-state index < -0.39 is 11.7 Å². The lowest BCUT2D eigenvalue weighted by Gasteiger charge is -2.29. The quantitative estimate of drug-likeness (QED) is 0.460. The Bertz CT molecular complexity index is 1370. The van der Waals surface area contributed by atoms with Crippen LogP contribution < -0.4 is 5.56 Å². The standard InChI is InChI=1S/C25H23F3N4O/c1-17-3-2-4-19(13-17)14-30-11-9-22-21(16-30)23(33)32(24-29-10-12-31(22)24)15-18-5-7-20(8-6-18)25(26,27)28/h2-8,10,12-13H,9,11,14-16H2,1H3. The van der Waals surface area contributed by atoms with Gasteiger partial charge in [0.05, 0.1) is 17.7 Å². The Labute approximate surface area is 188 Å². The van der Waals surface area contributed by atoms with Crippen molar-refractivity contribution in [1.29, 1.82) is 0 Å². The Balaban J connectivity index is 1.48. The van der Waals surface area contributed by atoms with Crippen LogP contribution in [0.2, 0.25) is 0 Å². The van der Waals surface area contributed by atoms with Crippen molar-refractivity contribution >= 4 is 5.78 Å². The number of rotatable bonds is 4. The number of halogens is 3. The van der Waals surface area contributed by atoms with Crippen LogP contribution in [0.4, 0.5) is 13.2 Å². The number of imidazole rings is 1. The van der Waals surface area contributed by atoms with Gasteiger partial charge in [0, 0.05) is 44.1 Å². The number of alkyl halides is 3. The summed E-state index contributed by atoms with van der Waals surface area (Å²) in [6, 6.07) is 13.3. The lowest BCUT2D eigenvalue weighted by Crippen LogP contribution is -2.38. The number of hydrogen-bond acceptors (Lipinski definition) is 3. The van der Waals surface area contributed by atoms with Crippen LogP contribution in [0, 0.1) is 6.92 Å². The van der Waals surface area contributed by atoms with Gasteiger partial charge in [-0.3, -0.25) is 18.7 Å². The summed E-state index contributed by atoms with van der Waals surface area (Å²) in [7, 11) is 0. The van der Waals surface area contributed by atoms with Crippen molar-refractivity contribution < 1.29 is 13.2 Å². The normalized spacial score (nSPS) is 14.5. The number of aryl methyl sites for hydroxylation is 1. The fourth-order valence-corrected chi connectivity index (χ4v) is 4.55. The van der Waals surface area contributed by atoms with E-state index in [1.54, 1.807) is 10.8 Å². The summed E-state index contributed by atoms with van der Waals surface area (Å²) in [6.45, 7) is 4.31. The predicted molar refractivity (Wildman–Crippen MR) is 119 cm³/mol. The van der Waals surface area contributed by atoms with Crippen molar-refractivity contribution in [3.63, 3.8) is 0 Å². The molecule has 1 aliphatic heterocycles. The first-order chi connectivity index (χ1) is 15.8. The van der Waals surface area contributed by atoms with Crippen LogP contribution in [0.1, 0.15) is 33.5 Å². The summed E-state index contributed by atoms with van der Waals surface area (Å²) in [5.41, 5.74) is 3.83. The van der Waals surface area contributed by atoms with Crippen LogP contribution in [0.5, 0.6) is 0 Å². The van der Waals surface area contributed by atoms with E-state index in [2.05, 4.69) is 35.0 Å². The van der Waals surface area contributed by atoms with E-state index in [-0.39, 0.29) is 12.1 Å². The smallest absolute Gasteiger partial charge is 0.294 e. The molecule has 0 bridgehead atoms. The predicted octanol–water partition coefficient (Wildman–Crippen LogP) is 4.43. The van der Waals surface area contributed by atoms with Crippen LogP contribution in [0.25, 0.3) is 5.78 Å². The summed E-state index contributed by atoms with van der Waals surface area (Å²) in [4.78, 5) is 20.1. The second-order valence-electron chi connectivity index (χ2n) is 8.56. The molecule has 0 atom stereocenters. The Morgan fingerprint density at radius 1 is 1.03 bits per heavy atom. The Hall–Kier alpha value is -3.39. The second-order valence-corrected chi connectivity index (χ2v) is 8.56. The maximum atomic E-state index is 13.5. The highest BCUT2D eigenvalue weighted by Crippen LogP contribution is 2.29. The topological polar surface area (TPSA) is 42.5 Å². The minimum absolute atomic E-state index is 0.141. The molecule has 0 aliphatic carbocycles. The summed E-state index contributed by atoms with van der Waals surface area (Å²) < 4.78 is 42.2. The number of hydrogen-bond donors (Lipinski definition) is 0. The molecule has 0 spiro atoms. The number of nitrogens with zero attached hydrogens (tertiary/aromatic N) is 4. The van der Waals surface area contributed by atoms with E-state index >= 15 is 0 Å². The van der Waals surface area contributed by atoms with Crippen molar-refractivity contribution in [2.24, 2.45) is 0 Å². The van der Waals surface area contributed by atoms with Crippen LogP contribution in [0.15, 0.2) is 65.7 Å². The molecule has 1 aliphatic rings. The molecule has 3 heterocycles. The minimum Gasteiger partial charge on any atom is -0.294 e. The van der Waals surface area contributed by atoms with E-state index in [9.17, 15) is 18.0 Å². The van der Waals surface area contributed by atoms with Gasteiger partial charge in [0.1, 0.15) is 0 Å². The van der Waals surface area contributed by atoms with Gasteiger partial charge in [-0.05, 0) is 30.2 Å². The third-order valence-electron chi connectivity index (χ3n) is 6.16. The molecule has 0 radical (unpaired) electrons. The molecule has 2 aromatic heterocycles. The average Bonchev–Trinajstić information content (AvgIpc) is 3.26. The molecule has 0 amide bonds. The highest BCUT2D eigenvalue weighted by atomic mass is 19.4. The van der Waals surface area contributed by atoms with Gasteiger partial charge in [-0.25, -0.2) is 4.98 Å². The van der Waals surface area contributed by atoms with E-state index in [0.29, 0.717) is 23.4 Å². The molecule has 0 fully saturated rings. The minimum atomic E-state index is -4.39. The maximum absolute atomic E-state index is 13.5. The van der Waals surface area contributed by atoms with Gasteiger partial charge in [-0.1, -0.05) is 42.0 Å². The number of aromatic nitrogens is 3. The van der Waals surface area contributed by atoms with Crippen molar-refractivity contribution in [1.82, 2.24) is 18.9 Å². The van der Waals surface area contributed by atoms with Crippen molar-refractivity contribution in [2.75, 3.05) is 6.54 Å². The van der Waals surface area contributed by atoms with E-state index in [0.717, 1.165) is 37.3 Å².